The first kappa shape index (κ1) is 38.2. The molecule has 5 heterocycles. The highest BCUT2D eigenvalue weighted by Gasteiger charge is 2.62. The molecule has 8 rings (SSSR count). The highest BCUT2D eigenvalue weighted by Crippen LogP contribution is 2.62. The van der Waals surface area contributed by atoms with E-state index in [1.165, 1.54) is 5.69 Å². The van der Waals surface area contributed by atoms with Crippen molar-refractivity contribution in [3.05, 3.63) is 71.8 Å². The first-order chi connectivity index (χ1) is 26.4. The quantitative estimate of drug-likeness (QED) is 0.196. The van der Waals surface area contributed by atoms with Crippen LogP contribution in [0.15, 0.2) is 71.2 Å². The zero-order valence-electron chi connectivity index (χ0n) is 31.6. The number of anilines is 1. The summed E-state index contributed by atoms with van der Waals surface area (Å²) in [5.74, 6) is 0.447. The van der Waals surface area contributed by atoms with Gasteiger partial charge in [0, 0.05) is 67.8 Å². The predicted octanol–water partition coefficient (Wildman–Crippen LogP) is 2.04. The van der Waals surface area contributed by atoms with Crippen molar-refractivity contribution in [1.82, 2.24) is 14.5 Å². The number of allylic oxidation sites excluding steroid dienone is 2. The summed E-state index contributed by atoms with van der Waals surface area (Å²) < 4.78 is 19.9. The number of hydrogen-bond acceptors (Lipinski definition) is 13. The molecule has 0 spiro atoms. The maximum absolute atomic E-state index is 13.2. The van der Waals surface area contributed by atoms with Crippen LogP contribution in [0, 0.1) is 28.6 Å². The van der Waals surface area contributed by atoms with Crippen molar-refractivity contribution < 1.29 is 44.5 Å². The van der Waals surface area contributed by atoms with Gasteiger partial charge in [-0.15, -0.1) is 0 Å². The number of fused-ring (bicyclic) bond motifs is 3. The van der Waals surface area contributed by atoms with Crippen molar-refractivity contribution in [2.75, 3.05) is 51.3 Å². The highest BCUT2D eigenvalue weighted by atomic mass is 16.7. The van der Waals surface area contributed by atoms with E-state index in [0.29, 0.717) is 43.1 Å². The number of ether oxygens (including phenoxy) is 3. The molecule has 2 aliphatic carbocycles. The molecule has 5 N–H and O–H groups in total. The van der Waals surface area contributed by atoms with Crippen LogP contribution < -0.4 is 4.90 Å². The molecular weight excluding hydrogens is 706 g/mol. The second-order valence-corrected chi connectivity index (χ2v) is 16.7. The molecule has 0 radical (unpaired) electrons. The third-order valence-corrected chi connectivity index (χ3v) is 13.4. The Hall–Kier alpha value is -3.73. The number of nitrogens with zero attached hydrogens (tertiary/aromatic N) is 5. The van der Waals surface area contributed by atoms with Gasteiger partial charge in [0.2, 0.25) is 5.95 Å². The Kier molecular flexibility index (Phi) is 10.4. The Labute approximate surface area is 321 Å². The smallest absolute Gasteiger partial charge is 0.343 e. The monoisotopic (exact) mass is 759 g/mol. The van der Waals surface area contributed by atoms with Gasteiger partial charge < -0.3 is 54.1 Å². The largest absolute Gasteiger partial charge is 0.423 e. The second kappa shape index (κ2) is 15.0. The SMILES string of the molecule is CN1CCN(c2ccc(/C=C3C=C(/C=C/C4C5Cn6ccnc6N=C5CC5[C@]4(C)CC[C@@H](OC4OC(CO)C(O)C(O)C4O)[C@@]5(C)CO)C(=O)O\3)cc2)CC1. The van der Waals surface area contributed by atoms with Crippen LogP contribution in [0.25, 0.3) is 6.08 Å². The van der Waals surface area contributed by atoms with Crippen LogP contribution in [0.3, 0.4) is 0 Å². The lowest BCUT2D eigenvalue weighted by Crippen LogP contribution is -2.64. The van der Waals surface area contributed by atoms with Gasteiger partial charge in [-0.05, 0) is 73.4 Å². The zero-order valence-corrected chi connectivity index (χ0v) is 31.6. The fourth-order valence-corrected chi connectivity index (χ4v) is 10.0. The number of rotatable bonds is 8. The molecule has 8 unspecified atom stereocenters. The number of aliphatic imine (C=N–C) groups is 1. The number of piperazine rings is 1. The number of esters is 1. The summed E-state index contributed by atoms with van der Waals surface area (Å²) >= 11 is 0. The molecular formula is C41H53N5O9. The van der Waals surface area contributed by atoms with E-state index >= 15 is 0 Å². The number of cyclic esters (lactones) is 1. The molecule has 2 saturated heterocycles. The normalized spacial score (nSPS) is 38.7. The van der Waals surface area contributed by atoms with E-state index in [0.717, 1.165) is 37.5 Å². The van der Waals surface area contributed by atoms with E-state index in [9.17, 15) is 30.3 Å². The first-order valence-corrected chi connectivity index (χ1v) is 19.4. The lowest BCUT2D eigenvalue weighted by Gasteiger charge is -2.62. The topological polar surface area (TPSA) is 183 Å². The molecule has 11 atom stereocenters. The highest BCUT2D eigenvalue weighted by molar-refractivity contribution is 5.96. The molecule has 55 heavy (non-hydrogen) atoms. The number of aliphatic hydroxyl groups excluding tert-OH is 5. The lowest BCUT2D eigenvalue weighted by molar-refractivity contribution is -0.329. The van der Waals surface area contributed by atoms with Gasteiger partial charge in [0.1, 0.15) is 30.2 Å². The van der Waals surface area contributed by atoms with Gasteiger partial charge in [-0.2, -0.15) is 0 Å². The Balaban J connectivity index is 1.06. The van der Waals surface area contributed by atoms with Crippen LogP contribution in [0.4, 0.5) is 11.6 Å². The van der Waals surface area contributed by atoms with Crippen molar-refractivity contribution in [3.63, 3.8) is 0 Å². The summed E-state index contributed by atoms with van der Waals surface area (Å²) in [5.41, 5.74) is 2.31. The average Bonchev–Trinajstić information content (AvgIpc) is 3.79. The molecule has 0 bridgehead atoms. The Bertz CT molecular complexity index is 1870. The summed E-state index contributed by atoms with van der Waals surface area (Å²) in [4.78, 5) is 27.4. The number of carbonyl (C=O) groups is 1. The summed E-state index contributed by atoms with van der Waals surface area (Å²) in [7, 11) is 2.14. The van der Waals surface area contributed by atoms with Crippen LogP contribution in [0.5, 0.6) is 0 Å². The number of carbonyl (C=O) groups excluding carboxylic acids is 1. The van der Waals surface area contributed by atoms with E-state index in [1.807, 2.05) is 37.4 Å². The van der Waals surface area contributed by atoms with Crippen molar-refractivity contribution >= 4 is 29.4 Å². The molecule has 0 amide bonds. The molecule has 14 nitrogen and oxygen atoms in total. The second-order valence-electron chi connectivity index (χ2n) is 16.7. The molecule has 4 aliphatic heterocycles. The van der Waals surface area contributed by atoms with Gasteiger partial charge in [0.15, 0.2) is 6.29 Å². The third-order valence-electron chi connectivity index (χ3n) is 13.4. The standard InChI is InChI=1S/C41H53N5O9/c1-40-11-10-33(55-38-36(51)35(50)34(49)31(22-47)54-38)41(2,23-48)32(40)20-30-28(21-46-13-12-42-39(46)43-30)29(40)9-6-25-19-27(53-37(25)52)18-24-4-7-26(8-5-24)45-16-14-44(3)15-17-45/h4-9,12-13,18-19,28-29,31-36,38,47-51H,10-11,14-17,20-23H2,1-3H3/b9-6+,27-18+/t28?,29?,31?,32?,33-,34?,35?,36?,38?,40-,41+/m1/s1. The number of hydrogen-bond donors (Lipinski definition) is 5. The molecule has 1 aromatic heterocycles. The maximum Gasteiger partial charge on any atom is 0.343 e. The molecule has 296 valence electrons. The van der Waals surface area contributed by atoms with Crippen molar-refractivity contribution in [2.45, 2.75) is 76.5 Å². The summed E-state index contributed by atoms with van der Waals surface area (Å²) in [5, 5.41) is 52.6. The molecule has 1 aromatic carbocycles. The third kappa shape index (κ3) is 6.90. The summed E-state index contributed by atoms with van der Waals surface area (Å²) in [6.07, 6.45) is 5.42. The number of aliphatic hydroxyl groups is 5. The molecule has 2 aromatic rings. The van der Waals surface area contributed by atoms with Crippen molar-refractivity contribution in [1.29, 1.82) is 0 Å². The van der Waals surface area contributed by atoms with Crippen LogP contribution in [0.1, 0.15) is 38.7 Å². The Morgan fingerprint density at radius 1 is 1.04 bits per heavy atom. The van der Waals surface area contributed by atoms with E-state index < -0.39 is 54.8 Å². The molecule has 14 heteroatoms. The lowest BCUT2D eigenvalue weighted by atomic mass is 9.45. The number of likely N-dealkylation sites (N-methyl/N-ethyl adjacent to an activating group) is 1. The van der Waals surface area contributed by atoms with E-state index in [4.69, 9.17) is 19.2 Å². The van der Waals surface area contributed by atoms with E-state index in [-0.39, 0.29) is 29.8 Å². The summed E-state index contributed by atoms with van der Waals surface area (Å²) in [6.45, 7) is 8.12. The van der Waals surface area contributed by atoms with Gasteiger partial charge in [-0.3, -0.25) is 0 Å². The van der Waals surface area contributed by atoms with Gasteiger partial charge in [0.05, 0.1) is 24.9 Å². The minimum Gasteiger partial charge on any atom is -0.423 e. The van der Waals surface area contributed by atoms with Gasteiger partial charge in [-0.1, -0.05) is 38.1 Å². The predicted molar refractivity (Wildman–Crippen MR) is 203 cm³/mol. The van der Waals surface area contributed by atoms with Crippen molar-refractivity contribution in [3.8, 4) is 0 Å². The first-order valence-electron chi connectivity index (χ1n) is 19.4. The average molecular weight is 760 g/mol. The van der Waals surface area contributed by atoms with Crippen molar-refractivity contribution in [2.24, 2.45) is 33.6 Å². The fraction of sp³-hybridized carbons (Fsp3) is 0.585. The van der Waals surface area contributed by atoms with E-state index in [1.54, 1.807) is 12.3 Å². The Morgan fingerprint density at radius 2 is 1.80 bits per heavy atom. The number of aromatic nitrogens is 2. The van der Waals surface area contributed by atoms with Gasteiger partial charge in [0.25, 0.3) is 0 Å². The summed E-state index contributed by atoms with van der Waals surface area (Å²) in [6, 6.07) is 8.31. The molecule has 6 aliphatic rings. The van der Waals surface area contributed by atoms with Crippen LogP contribution in [-0.2, 0) is 25.5 Å². The van der Waals surface area contributed by atoms with Gasteiger partial charge >= 0.3 is 5.97 Å². The minimum atomic E-state index is -1.57. The molecule has 4 fully saturated rings. The van der Waals surface area contributed by atoms with Crippen LogP contribution in [0.2, 0.25) is 0 Å². The zero-order chi connectivity index (χ0) is 38.6. The van der Waals surface area contributed by atoms with E-state index in [2.05, 4.69) is 51.5 Å². The van der Waals surface area contributed by atoms with Gasteiger partial charge in [-0.25, -0.2) is 14.8 Å². The molecule has 2 saturated carbocycles. The maximum atomic E-state index is 13.2. The van der Waals surface area contributed by atoms with Crippen LogP contribution >= 0.6 is 0 Å². The number of imidazole rings is 1. The van der Waals surface area contributed by atoms with Crippen LogP contribution in [-0.4, -0.2) is 135 Å². The Morgan fingerprint density at radius 3 is 2.53 bits per heavy atom. The minimum absolute atomic E-state index is 0.0110. The number of benzene rings is 1. The fourth-order valence-electron chi connectivity index (χ4n) is 10.0.